The smallest absolute Gasteiger partial charge is 0.264 e. The molecule has 2 rings (SSSR count). The molecule has 0 unspecified atom stereocenters. The van der Waals surface area contributed by atoms with E-state index in [1.165, 1.54) is 25.2 Å². The van der Waals surface area contributed by atoms with Gasteiger partial charge < -0.3 is 5.73 Å². The summed E-state index contributed by atoms with van der Waals surface area (Å²) >= 11 is 5.80. The zero-order chi connectivity index (χ0) is 15.6. The second-order valence-electron chi connectivity index (χ2n) is 4.31. The molecule has 2 aromatic rings. The largest absolute Gasteiger partial charge is 0.397 e. The van der Waals surface area contributed by atoms with Crippen LogP contribution in [0.3, 0.4) is 0 Å². The monoisotopic (exact) mass is 321 g/mol. The van der Waals surface area contributed by atoms with E-state index in [1.807, 2.05) is 6.07 Å². The molecular weight excluding hydrogens is 310 g/mol. The Morgan fingerprint density at radius 3 is 2.33 bits per heavy atom. The van der Waals surface area contributed by atoms with E-state index in [4.69, 9.17) is 22.6 Å². The number of benzene rings is 2. The number of sulfonamides is 1. The van der Waals surface area contributed by atoms with Crippen molar-refractivity contribution in [2.45, 2.75) is 4.90 Å². The third kappa shape index (κ3) is 2.94. The van der Waals surface area contributed by atoms with Crippen LogP contribution in [0.1, 0.15) is 5.56 Å². The molecule has 108 valence electrons. The van der Waals surface area contributed by atoms with Gasteiger partial charge in [-0.15, -0.1) is 0 Å². The highest BCUT2D eigenvalue weighted by molar-refractivity contribution is 7.92. The zero-order valence-corrected chi connectivity index (χ0v) is 12.7. The molecule has 0 aliphatic carbocycles. The van der Waals surface area contributed by atoms with Crippen molar-refractivity contribution in [3.05, 3.63) is 53.1 Å². The Morgan fingerprint density at radius 1 is 1.19 bits per heavy atom. The summed E-state index contributed by atoms with van der Waals surface area (Å²) < 4.78 is 26.1. The summed E-state index contributed by atoms with van der Waals surface area (Å²) in [6.45, 7) is 0. The molecule has 0 amide bonds. The minimum Gasteiger partial charge on any atom is -0.397 e. The summed E-state index contributed by atoms with van der Waals surface area (Å²) in [5.74, 6) is 0. The van der Waals surface area contributed by atoms with E-state index in [2.05, 4.69) is 0 Å². The lowest BCUT2D eigenvalue weighted by atomic mass is 10.2. The maximum atomic E-state index is 12.5. The lowest BCUT2D eigenvalue weighted by molar-refractivity contribution is 0.594. The van der Waals surface area contributed by atoms with Crippen LogP contribution in [0.25, 0.3) is 0 Å². The van der Waals surface area contributed by atoms with Gasteiger partial charge in [-0.1, -0.05) is 11.6 Å². The van der Waals surface area contributed by atoms with Gasteiger partial charge in [-0.25, -0.2) is 8.42 Å². The van der Waals surface area contributed by atoms with Gasteiger partial charge in [0.05, 0.1) is 32.9 Å². The fourth-order valence-corrected chi connectivity index (χ4v) is 3.07. The number of nitrogen functional groups attached to an aromatic ring is 1. The minimum atomic E-state index is -3.74. The Morgan fingerprint density at radius 2 is 1.81 bits per heavy atom. The summed E-state index contributed by atoms with van der Waals surface area (Å²) in [5, 5.41) is 9.05. The third-order valence-electron chi connectivity index (χ3n) is 2.99. The Bertz CT molecular complexity index is 811. The molecule has 0 aliphatic rings. The summed E-state index contributed by atoms with van der Waals surface area (Å²) in [7, 11) is -2.31. The van der Waals surface area contributed by atoms with Gasteiger partial charge in [0.15, 0.2) is 0 Å². The summed E-state index contributed by atoms with van der Waals surface area (Å²) in [6, 6.07) is 12.4. The number of hydrogen-bond acceptors (Lipinski definition) is 4. The highest BCUT2D eigenvalue weighted by Gasteiger charge is 2.21. The van der Waals surface area contributed by atoms with Crippen LogP contribution in [0, 0.1) is 11.3 Å². The summed E-state index contributed by atoms with van der Waals surface area (Å²) in [5.41, 5.74) is 6.75. The number of hydrogen-bond donors (Lipinski definition) is 1. The van der Waals surface area contributed by atoms with Crippen molar-refractivity contribution < 1.29 is 8.42 Å². The van der Waals surface area contributed by atoms with Gasteiger partial charge in [0, 0.05) is 7.05 Å². The predicted octanol–water partition coefficient (Wildman–Crippen LogP) is 2.62. The van der Waals surface area contributed by atoms with Gasteiger partial charge in [0.1, 0.15) is 0 Å². The van der Waals surface area contributed by atoms with Crippen LogP contribution in [0.4, 0.5) is 11.4 Å². The van der Waals surface area contributed by atoms with Crippen molar-refractivity contribution in [3.8, 4) is 6.07 Å². The van der Waals surface area contributed by atoms with Crippen LogP contribution in [0.2, 0.25) is 5.02 Å². The molecule has 0 aliphatic heterocycles. The molecule has 7 heteroatoms. The lowest BCUT2D eigenvalue weighted by Gasteiger charge is -2.19. The van der Waals surface area contributed by atoms with Crippen LogP contribution in [-0.2, 0) is 10.0 Å². The predicted molar refractivity (Wildman–Crippen MR) is 82.6 cm³/mol. The third-order valence-corrected chi connectivity index (χ3v) is 5.11. The van der Waals surface area contributed by atoms with Crippen molar-refractivity contribution in [2.24, 2.45) is 0 Å². The minimum absolute atomic E-state index is 0.0521. The fourth-order valence-electron chi connectivity index (χ4n) is 1.73. The molecule has 0 radical (unpaired) electrons. The van der Waals surface area contributed by atoms with Crippen molar-refractivity contribution in [1.82, 2.24) is 0 Å². The zero-order valence-electron chi connectivity index (χ0n) is 11.1. The first-order valence-electron chi connectivity index (χ1n) is 5.90. The Hall–Kier alpha value is -2.23. The van der Waals surface area contributed by atoms with Crippen molar-refractivity contribution in [1.29, 1.82) is 5.26 Å². The topological polar surface area (TPSA) is 87.2 Å². The fraction of sp³-hybridized carbons (Fsp3) is 0.0714. The first kappa shape index (κ1) is 15.2. The molecule has 0 aromatic heterocycles. The van der Waals surface area contributed by atoms with E-state index in [0.717, 1.165) is 4.31 Å². The molecule has 2 aromatic carbocycles. The molecule has 0 bridgehead atoms. The Balaban J connectivity index is 2.42. The normalized spacial score (nSPS) is 10.9. The second-order valence-corrected chi connectivity index (χ2v) is 6.69. The van der Waals surface area contributed by atoms with Crippen LogP contribution in [0.5, 0.6) is 0 Å². The number of rotatable bonds is 3. The van der Waals surface area contributed by atoms with Gasteiger partial charge in [0.2, 0.25) is 0 Å². The lowest BCUT2D eigenvalue weighted by Crippen LogP contribution is -2.26. The average molecular weight is 322 g/mol. The maximum Gasteiger partial charge on any atom is 0.264 e. The molecule has 0 fully saturated rings. The van der Waals surface area contributed by atoms with E-state index < -0.39 is 10.0 Å². The number of anilines is 2. The van der Waals surface area contributed by atoms with Gasteiger partial charge >= 0.3 is 0 Å². The number of halogens is 1. The van der Waals surface area contributed by atoms with Gasteiger partial charge in [-0.2, -0.15) is 5.26 Å². The van der Waals surface area contributed by atoms with Crippen molar-refractivity contribution in [3.63, 3.8) is 0 Å². The van der Waals surface area contributed by atoms with E-state index in [-0.39, 0.29) is 10.6 Å². The maximum absolute atomic E-state index is 12.5. The summed E-state index contributed by atoms with van der Waals surface area (Å²) in [4.78, 5) is 0.0521. The van der Waals surface area contributed by atoms with Crippen LogP contribution in [-0.4, -0.2) is 15.5 Å². The first-order valence-corrected chi connectivity index (χ1v) is 7.72. The number of nitrogens with zero attached hydrogens (tertiary/aromatic N) is 2. The highest BCUT2D eigenvalue weighted by Crippen LogP contribution is 2.26. The molecule has 21 heavy (non-hydrogen) atoms. The Labute approximate surface area is 128 Å². The van der Waals surface area contributed by atoms with Gasteiger partial charge in [0.25, 0.3) is 10.0 Å². The first-order chi connectivity index (χ1) is 9.86. The molecule has 0 heterocycles. The van der Waals surface area contributed by atoms with Crippen LogP contribution < -0.4 is 10.0 Å². The van der Waals surface area contributed by atoms with Gasteiger partial charge in [-0.3, -0.25) is 4.31 Å². The van der Waals surface area contributed by atoms with Crippen LogP contribution in [0.15, 0.2) is 47.4 Å². The van der Waals surface area contributed by atoms with E-state index >= 15 is 0 Å². The molecule has 2 N–H and O–H groups in total. The molecule has 0 saturated carbocycles. The van der Waals surface area contributed by atoms with E-state index in [9.17, 15) is 8.42 Å². The SMILES string of the molecule is CN(c1ccc(C#N)cc1)S(=O)(=O)c1ccc(Cl)c(N)c1. The van der Waals surface area contributed by atoms with Gasteiger partial charge in [-0.05, 0) is 42.5 Å². The average Bonchev–Trinajstić information content (AvgIpc) is 2.49. The summed E-state index contributed by atoms with van der Waals surface area (Å²) in [6.07, 6.45) is 0. The van der Waals surface area contributed by atoms with Crippen LogP contribution >= 0.6 is 11.6 Å². The number of nitrogens with two attached hydrogens (primary N) is 1. The highest BCUT2D eigenvalue weighted by atomic mass is 35.5. The Kier molecular flexibility index (Phi) is 4.07. The molecule has 0 atom stereocenters. The molecular formula is C14H12ClN3O2S. The molecule has 0 saturated heterocycles. The van der Waals surface area contributed by atoms with Crippen molar-refractivity contribution >= 4 is 33.0 Å². The van der Waals surface area contributed by atoms with Crippen molar-refractivity contribution in [2.75, 3.05) is 17.1 Å². The molecule has 0 spiro atoms. The van der Waals surface area contributed by atoms with E-state index in [1.54, 1.807) is 24.3 Å². The standard InChI is InChI=1S/C14H12ClN3O2S/c1-18(11-4-2-10(9-16)3-5-11)21(19,20)12-6-7-13(15)14(17)8-12/h2-8H,17H2,1H3. The molecule has 5 nitrogen and oxygen atoms in total. The quantitative estimate of drug-likeness (QED) is 0.880. The number of nitriles is 1. The van der Waals surface area contributed by atoms with E-state index in [0.29, 0.717) is 16.3 Å². The second kappa shape index (κ2) is 5.64.